The van der Waals surface area contributed by atoms with Gasteiger partial charge in [-0.05, 0) is 57.7 Å². The van der Waals surface area contributed by atoms with Crippen LogP contribution in [0.4, 0.5) is 0 Å². The first kappa shape index (κ1) is 20.5. The Bertz CT molecular complexity index is 364. The van der Waals surface area contributed by atoms with Crippen LogP contribution in [0, 0.1) is 11.8 Å². The quantitative estimate of drug-likeness (QED) is 0.355. The highest BCUT2D eigenvalue weighted by Crippen LogP contribution is 2.19. The minimum Gasteiger partial charge on any atom is -0.381 e. The third-order valence-corrected chi connectivity index (χ3v) is 5.36. The van der Waals surface area contributed by atoms with E-state index in [1.807, 2.05) is 7.05 Å². The number of rotatable bonds is 10. The van der Waals surface area contributed by atoms with Crippen LogP contribution in [0.1, 0.15) is 39.0 Å². The summed E-state index contributed by atoms with van der Waals surface area (Å²) in [6.45, 7) is 11.3. The Balaban J connectivity index is 1.44. The van der Waals surface area contributed by atoms with E-state index in [-0.39, 0.29) is 0 Å². The van der Waals surface area contributed by atoms with E-state index in [1.165, 1.54) is 38.9 Å². The van der Waals surface area contributed by atoms with Gasteiger partial charge in [-0.15, -0.1) is 0 Å². The molecule has 0 radical (unpaired) electrons. The van der Waals surface area contributed by atoms with Crippen LogP contribution in [0.25, 0.3) is 0 Å². The maximum absolute atomic E-state index is 5.73. The van der Waals surface area contributed by atoms with Crippen molar-refractivity contribution in [2.24, 2.45) is 16.8 Å². The van der Waals surface area contributed by atoms with Gasteiger partial charge >= 0.3 is 0 Å². The third kappa shape index (κ3) is 8.38. The minimum atomic E-state index is 0.603. The molecule has 6 nitrogen and oxygen atoms in total. The summed E-state index contributed by atoms with van der Waals surface area (Å²) in [5, 5.41) is 6.82. The molecule has 0 spiro atoms. The molecule has 25 heavy (non-hydrogen) atoms. The fraction of sp³-hybridized carbons (Fsp3) is 0.947. The first-order chi connectivity index (χ1) is 12.3. The van der Waals surface area contributed by atoms with E-state index in [0.717, 1.165) is 64.2 Å². The molecule has 2 fully saturated rings. The molecule has 1 unspecified atom stereocenters. The summed E-state index contributed by atoms with van der Waals surface area (Å²) in [7, 11) is 1.84. The zero-order valence-electron chi connectivity index (χ0n) is 16.3. The molecule has 0 amide bonds. The van der Waals surface area contributed by atoms with Crippen molar-refractivity contribution in [3.8, 4) is 0 Å². The Morgan fingerprint density at radius 1 is 1.16 bits per heavy atom. The molecule has 2 saturated heterocycles. The van der Waals surface area contributed by atoms with Crippen molar-refractivity contribution in [2.75, 3.05) is 66.2 Å². The lowest BCUT2D eigenvalue weighted by molar-refractivity contribution is 0.0888. The van der Waals surface area contributed by atoms with Gasteiger partial charge in [0.1, 0.15) is 0 Å². The maximum Gasteiger partial charge on any atom is 0.190 e. The van der Waals surface area contributed by atoms with E-state index in [2.05, 4.69) is 27.4 Å². The van der Waals surface area contributed by atoms with Gasteiger partial charge in [0.2, 0.25) is 0 Å². The van der Waals surface area contributed by atoms with E-state index < -0.39 is 0 Å². The number of hydrogen-bond acceptors (Lipinski definition) is 4. The van der Waals surface area contributed by atoms with Crippen LogP contribution in [0.5, 0.6) is 0 Å². The summed E-state index contributed by atoms with van der Waals surface area (Å²) >= 11 is 0. The zero-order valence-corrected chi connectivity index (χ0v) is 16.3. The normalized spacial score (nSPS) is 23.1. The van der Waals surface area contributed by atoms with Gasteiger partial charge in [0.15, 0.2) is 5.96 Å². The van der Waals surface area contributed by atoms with E-state index in [4.69, 9.17) is 9.47 Å². The van der Waals surface area contributed by atoms with Gasteiger partial charge in [0, 0.05) is 39.3 Å². The molecule has 0 aromatic carbocycles. The van der Waals surface area contributed by atoms with Crippen LogP contribution in [0.2, 0.25) is 0 Å². The average Bonchev–Trinajstić information content (AvgIpc) is 3.17. The molecule has 0 bridgehead atoms. The molecular weight excluding hydrogens is 316 g/mol. The van der Waals surface area contributed by atoms with Crippen molar-refractivity contribution in [3.05, 3.63) is 0 Å². The average molecular weight is 355 g/mol. The monoisotopic (exact) mass is 354 g/mol. The van der Waals surface area contributed by atoms with Crippen LogP contribution in [0.15, 0.2) is 4.99 Å². The van der Waals surface area contributed by atoms with Crippen LogP contribution in [-0.4, -0.2) is 77.1 Å². The van der Waals surface area contributed by atoms with Crippen LogP contribution in [-0.2, 0) is 9.47 Å². The fourth-order valence-electron chi connectivity index (χ4n) is 3.55. The molecule has 2 aliphatic heterocycles. The molecule has 2 heterocycles. The van der Waals surface area contributed by atoms with E-state index in [0.29, 0.717) is 5.92 Å². The Labute approximate surface area is 153 Å². The van der Waals surface area contributed by atoms with Gasteiger partial charge in [-0.2, -0.15) is 0 Å². The van der Waals surface area contributed by atoms with Crippen molar-refractivity contribution >= 4 is 5.96 Å². The van der Waals surface area contributed by atoms with Crippen molar-refractivity contribution in [2.45, 2.75) is 39.0 Å². The van der Waals surface area contributed by atoms with E-state index in [1.54, 1.807) is 0 Å². The van der Waals surface area contributed by atoms with Gasteiger partial charge < -0.3 is 25.0 Å². The van der Waals surface area contributed by atoms with Gasteiger partial charge in [-0.3, -0.25) is 4.99 Å². The number of guanidine groups is 1. The molecule has 146 valence electrons. The maximum atomic E-state index is 5.73. The van der Waals surface area contributed by atoms with Gasteiger partial charge in [-0.1, -0.05) is 6.92 Å². The summed E-state index contributed by atoms with van der Waals surface area (Å²) in [5.41, 5.74) is 0. The Morgan fingerprint density at radius 3 is 2.64 bits per heavy atom. The van der Waals surface area contributed by atoms with E-state index >= 15 is 0 Å². The molecule has 1 atom stereocenters. The summed E-state index contributed by atoms with van der Waals surface area (Å²) < 4.78 is 11.1. The molecule has 2 aliphatic rings. The Morgan fingerprint density at radius 2 is 1.96 bits per heavy atom. The zero-order chi connectivity index (χ0) is 17.7. The SMILES string of the molecule is CCN1CCC(CCNC(=NC)NCCCOCC2CCOC2)CC1. The van der Waals surface area contributed by atoms with Gasteiger partial charge in [0.25, 0.3) is 0 Å². The first-order valence-electron chi connectivity index (χ1n) is 10.1. The number of nitrogens with zero attached hydrogens (tertiary/aromatic N) is 2. The smallest absolute Gasteiger partial charge is 0.190 e. The Kier molecular flexibility index (Phi) is 10.2. The third-order valence-electron chi connectivity index (χ3n) is 5.36. The topological polar surface area (TPSA) is 58.1 Å². The lowest BCUT2D eigenvalue weighted by Gasteiger charge is -2.31. The second kappa shape index (κ2) is 12.5. The number of aliphatic imine (C=N–C) groups is 1. The molecule has 0 aromatic rings. The first-order valence-corrected chi connectivity index (χ1v) is 10.1. The number of nitrogens with one attached hydrogen (secondary N) is 2. The summed E-state index contributed by atoms with van der Waals surface area (Å²) in [4.78, 5) is 6.85. The molecule has 2 N–H and O–H groups in total. The lowest BCUT2D eigenvalue weighted by Crippen LogP contribution is -2.40. The van der Waals surface area contributed by atoms with Crippen LogP contribution >= 0.6 is 0 Å². The van der Waals surface area contributed by atoms with Crippen molar-refractivity contribution in [3.63, 3.8) is 0 Å². The highest BCUT2D eigenvalue weighted by molar-refractivity contribution is 5.79. The highest BCUT2D eigenvalue weighted by Gasteiger charge is 2.17. The van der Waals surface area contributed by atoms with Crippen molar-refractivity contribution in [1.29, 1.82) is 0 Å². The number of likely N-dealkylation sites (tertiary alicyclic amines) is 1. The molecule has 0 saturated carbocycles. The van der Waals surface area contributed by atoms with Crippen molar-refractivity contribution < 1.29 is 9.47 Å². The number of ether oxygens (including phenoxy) is 2. The van der Waals surface area contributed by atoms with Crippen molar-refractivity contribution in [1.82, 2.24) is 15.5 Å². The highest BCUT2D eigenvalue weighted by atomic mass is 16.5. The second-order valence-corrected chi connectivity index (χ2v) is 7.25. The van der Waals surface area contributed by atoms with Gasteiger partial charge in [0.05, 0.1) is 13.2 Å². The predicted octanol–water partition coefficient (Wildman–Crippen LogP) is 1.72. The molecule has 6 heteroatoms. The molecule has 0 aliphatic carbocycles. The largest absolute Gasteiger partial charge is 0.381 e. The lowest BCUT2D eigenvalue weighted by atomic mass is 9.93. The second-order valence-electron chi connectivity index (χ2n) is 7.25. The molecular formula is C19H38N4O2. The molecule has 0 aromatic heterocycles. The van der Waals surface area contributed by atoms with Gasteiger partial charge in [-0.25, -0.2) is 0 Å². The molecule has 2 rings (SSSR count). The standard InChI is InChI=1S/C19H38N4O2/c1-3-23-11-6-17(7-12-23)5-10-22-19(20-2)21-9-4-13-24-15-18-8-14-25-16-18/h17-18H,3-16H2,1-2H3,(H2,20,21,22). The minimum absolute atomic E-state index is 0.603. The summed E-state index contributed by atoms with van der Waals surface area (Å²) in [6, 6.07) is 0. The van der Waals surface area contributed by atoms with Crippen LogP contribution in [0.3, 0.4) is 0 Å². The predicted molar refractivity (Wildman–Crippen MR) is 103 cm³/mol. The summed E-state index contributed by atoms with van der Waals surface area (Å²) in [6.07, 6.45) is 6.07. The Hall–Kier alpha value is -0.850. The summed E-state index contributed by atoms with van der Waals surface area (Å²) in [5.74, 6) is 2.38. The van der Waals surface area contributed by atoms with E-state index in [9.17, 15) is 0 Å². The fourth-order valence-corrected chi connectivity index (χ4v) is 3.55. The number of piperidine rings is 1. The van der Waals surface area contributed by atoms with Crippen LogP contribution < -0.4 is 10.6 Å². The number of hydrogen-bond donors (Lipinski definition) is 2.